The third-order valence-corrected chi connectivity index (χ3v) is 3.17. The molecule has 0 saturated carbocycles. The Balaban J connectivity index is 2.67. The van der Waals surface area contributed by atoms with Gasteiger partial charge in [-0.3, -0.25) is 9.59 Å². The molecule has 0 radical (unpaired) electrons. The molecule has 98 valence electrons. The van der Waals surface area contributed by atoms with Crippen molar-refractivity contribution in [1.29, 1.82) is 0 Å². The van der Waals surface area contributed by atoms with Crippen molar-refractivity contribution in [2.45, 2.75) is 51.6 Å². The van der Waals surface area contributed by atoms with Crippen LogP contribution >= 0.6 is 0 Å². The summed E-state index contributed by atoms with van der Waals surface area (Å²) in [5.74, 6) is -0.823. The molecule has 1 atom stereocenters. The van der Waals surface area contributed by atoms with Crippen molar-refractivity contribution in [3.8, 4) is 0 Å². The van der Waals surface area contributed by atoms with Gasteiger partial charge in [0, 0.05) is 25.0 Å². The van der Waals surface area contributed by atoms with Crippen LogP contribution in [0.5, 0.6) is 0 Å². The molecule has 0 spiro atoms. The molecule has 0 aromatic carbocycles. The molecule has 1 aliphatic rings. The second-order valence-corrected chi connectivity index (χ2v) is 5.17. The van der Waals surface area contributed by atoms with Crippen LogP contribution in [0.1, 0.15) is 40.0 Å². The lowest BCUT2D eigenvalue weighted by Crippen LogP contribution is -2.65. The highest BCUT2D eigenvalue weighted by molar-refractivity contribution is 5.84. The van der Waals surface area contributed by atoms with Crippen molar-refractivity contribution in [2.24, 2.45) is 0 Å². The summed E-state index contributed by atoms with van der Waals surface area (Å²) >= 11 is 0. The molecule has 1 saturated heterocycles. The number of carbonyl (C=O) groups excluding carboxylic acids is 1. The summed E-state index contributed by atoms with van der Waals surface area (Å²) in [7, 11) is 0. The SMILES string of the molecule is CCCN1C(=O)C(CCC(=O)O)NCC1(C)C. The second kappa shape index (κ2) is 5.49. The van der Waals surface area contributed by atoms with Crippen molar-refractivity contribution in [2.75, 3.05) is 13.1 Å². The zero-order valence-corrected chi connectivity index (χ0v) is 10.8. The number of hydrogen-bond acceptors (Lipinski definition) is 3. The van der Waals surface area contributed by atoms with Gasteiger partial charge in [0.05, 0.1) is 6.04 Å². The summed E-state index contributed by atoms with van der Waals surface area (Å²) in [4.78, 5) is 24.6. The third-order valence-electron chi connectivity index (χ3n) is 3.17. The van der Waals surface area contributed by atoms with E-state index in [4.69, 9.17) is 5.11 Å². The molecule has 0 bridgehead atoms. The first kappa shape index (κ1) is 14.0. The molecule has 0 aliphatic carbocycles. The Kier molecular flexibility index (Phi) is 4.51. The topological polar surface area (TPSA) is 69.6 Å². The minimum atomic E-state index is -0.855. The molecule has 1 heterocycles. The van der Waals surface area contributed by atoms with Gasteiger partial charge in [0.1, 0.15) is 0 Å². The molecular weight excluding hydrogens is 220 g/mol. The zero-order valence-electron chi connectivity index (χ0n) is 10.8. The van der Waals surface area contributed by atoms with Crippen LogP contribution in [-0.2, 0) is 9.59 Å². The largest absolute Gasteiger partial charge is 0.481 e. The molecule has 5 heteroatoms. The number of amides is 1. The maximum Gasteiger partial charge on any atom is 0.303 e. The fourth-order valence-electron chi connectivity index (χ4n) is 2.17. The molecule has 1 unspecified atom stereocenters. The number of rotatable bonds is 5. The number of carboxylic acid groups (broad SMARTS) is 1. The summed E-state index contributed by atoms with van der Waals surface area (Å²) in [6, 6.07) is -0.342. The van der Waals surface area contributed by atoms with Gasteiger partial charge in [-0.25, -0.2) is 0 Å². The Hall–Kier alpha value is -1.10. The number of carbonyl (C=O) groups is 2. The van der Waals surface area contributed by atoms with Gasteiger partial charge in [-0.2, -0.15) is 0 Å². The smallest absolute Gasteiger partial charge is 0.303 e. The summed E-state index contributed by atoms with van der Waals surface area (Å²) in [6.45, 7) is 7.54. The fraction of sp³-hybridized carbons (Fsp3) is 0.833. The van der Waals surface area contributed by atoms with E-state index in [-0.39, 0.29) is 23.9 Å². The Morgan fingerprint density at radius 1 is 1.59 bits per heavy atom. The van der Waals surface area contributed by atoms with Crippen LogP contribution < -0.4 is 5.32 Å². The Morgan fingerprint density at radius 3 is 2.76 bits per heavy atom. The maximum absolute atomic E-state index is 12.2. The van der Waals surface area contributed by atoms with E-state index >= 15 is 0 Å². The van der Waals surface area contributed by atoms with Crippen LogP contribution in [0.15, 0.2) is 0 Å². The summed E-state index contributed by atoms with van der Waals surface area (Å²) < 4.78 is 0. The number of aliphatic carboxylic acids is 1. The highest BCUT2D eigenvalue weighted by Gasteiger charge is 2.39. The first-order valence-electron chi connectivity index (χ1n) is 6.15. The van der Waals surface area contributed by atoms with Gasteiger partial charge in [-0.1, -0.05) is 6.92 Å². The van der Waals surface area contributed by atoms with Gasteiger partial charge in [0.25, 0.3) is 0 Å². The molecule has 1 rings (SSSR count). The summed E-state index contributed by atoms with van der Waals surface area (Å²) in [5, 5.41) is 11.8. The van der Waals surface area contributed by atoms with Crippen molar-refractivity contribution < 1.29 is 14.7 Å². The van der Waals surface area contributed by atoms with E-state index in [1.54, 1.807) is 0 Å². The molecule has 0 aromatic rings. The standard InChI is InChI=1S/C12H22N2O3/c1-4-7-14-11(17)9(5-6-10(15)16)13-8-12(14,2)3/h9,13H,4-8H2,1-3H3,(H,15,16). The average molecular weight is 242 g/mol. The molecular formula is C12H22N2O3. The van der Waals surface area contributed by atoms with Crippen LogP contribution in [-0.4, -0.2) is 46.6 Å². The van der Waals surface area contributed by atoms with Gasteiger partial charge < -0.3 is 15.3 Å². The van der Waals surface area contributed by atoms with Crippen molar-refractivity contribution in [3.05, 3.63) is 0 Å². The van der Waals surface area contributed by atoms with Crippen LogP contribution in [0.3, 0.4) is 0 Å². The first-order chi connectivity index (χ1) is 7.88. The first-order valence-corrected chi connectivity index (χ1v) is 6.15. The van der Waals surface area contributed by atoms with Gasteiger partial charge in [-0.05, 0) is 26.7 Å². The fourth-order valence-corrected chi connectivity index (χ4v) is 2.17. The molecule has 1 amide bonds. The van der Waals surface area contributed by atoms with Crippen LogP contribution in [0, 0.1) is 0 Å². The van der Waals surface area contributed by atoms with E-state index in [9.17, 15) is 9.59 Å². The third kappa shape index (κ3) is 3.43. The van der Waals surface area contributed by atoms with E-state index in [2.05, 4.69) is 5.32 Å². The second-order valence-electron chi connectivity index (χ2n) is 5.17. The lowest BCUT2D eigenvalue weighted by Gasteiger charge is -2.45. The van der Waals surface area contributed by atoms with Gasteiger partial charge in [-0.15, -0.1) is 0 Å². The number of piperazine rings is 1. The number of carboxylic acids is 1. The predicted molar refractivity (Wildman–Crippen MR) is 64.7 cm³/mol. The summed E-state index contributed by atoms with van der Waals surface area (Å²) in [6.07, 6.45) is 1.31. The monoisotopic (exact) mass is 242 g/mol. The number of nitrogens with one attached hydrogen (secondary N) is 1. The molecule has 0 aromatic heterocycles. The predicted octanol–water partition coefficient (Wildman–Crippen LogP) is 0.840. The molecule has 1 aliphatic heterocycles. The highest BCUT2D eigenvalue weighted by atomic mass is 16.4. The minimum absolute atomic E-state index is 0.0315. The molecule has 5 nitrogen and oxygen atoms in total. The van der Waals surface area contributed by atoms with E-state index in [1.807, 2.05) is 25.7 Å². The Labute approximate surface area is 102 Å². The quantitative estimate of drug-likeness (QED) is 0.749. The highest BCUT2D eigenvalue weighted by Crippen LogP contribution is 2.21. The molecule has 1 fully saturated rings. The van der Waals surface area contributed by atoms with Gasteiger partial charge in [0.2, 0.25) is 5.91 Å². The van der Waals surface area contributed by atoms with Crippen LogP contribution in [0.2, 0.25) is 0 Å². The van der Waals surface area contributed by atoms with Crippen molar-refractivity contribution in [1.82, 2.24) is 10.2 Å². The lowest BCUT2D eigenvalue weighted by atomic mass is 9.95. The van der Waals surface area contributed by atoms with Gasteiger partial charge in [0.15, 0.2) is 0 Å². The van der Waals surface area contributed by atoms with Crippen LogP contribution in [0.25, 0.3) is 0 Å². The lowest BCUT2D eigenvalue weighted by molar-refractivity contribution is -0.143. The average Bonchev–Trinajstić information content (AvgIpc) is 2.23. The molecule has 17 heavy (non-hydrogen) atoms. The van der Waals surface area contributed by atoms with Crippen molar-refractivity contribution >= 4 is 11.9 Å². The Morgan fingerprint density at radius 2 is 2.24 bits per heavy atom. The van der Waals surface area contributed by atoms with Crippen LogP contribution in [0.4, 0.5) is 0 Å². The minimum Gasteiger partial charge on any atom is -0.481 e. The Bertz CT molecular complexity index is 302. The molecule has 2 N–H and O–H groups in total. The maximum atomic E-state index is 12.2. The number of hydrogen-bond donors (Lipinski definition) is 2. The summed E-state index contributed by atoms with van der Waals surface area (Å²) in [5.41, 5.74) is -0.188. The van der Waals surface area contributed by atoms with E-state index < -0.39 is 5.97 Å². The van der Waals surface area contributed by atoms with E-state index in [1.165, 1.54) is 0 Å². The van der Waals surface area contributed by atoms with Gasteiger partial charge >= 0.3 is 5.97 Å². The van der Waals surface area contributed by atoms with E-state index in [0.29, 0.717) is 13.0 Å². The van der Waals surface area contributed by atoms with E-state index in [0.717, 1.165) is 13.0 Å². The van der Waals surface area contributed by atoms with Crippen molar-refractivity contribution in [3.63, 3.8) is 0 Å². The zero-order chi connectivity index (χ0) is 13.1. The number of nitrogens with zero attached hydrogens (tertiary/aromatic N) is 1. The normalized spacial score (nSPS) is 23.8.